The molecule has 1 aromatic carbocycles. The average Bonchev–Trinajstić information content (AvgIpc) is 3.11. The summed E-state index contributed by atoms with van der Waals surface area (Å²) < 4.78 is 0. The van der Waals surface area contributed by atoms with Crippen molar-refractivity contribution in [3.05, 3.63) is 29.8 Å². The fourth-order valence-corrected chi connectivity index (χ4v) is 2.92. The Kier molecular flexibility index (Phi) is 6.53. The number of aliphatic carboxylic acids is 1. The van der Waals surface area contributed by atoms with E-state index in [1.807, 2.05) is 0 Å². The highest BCUT2D eigenvalue weighted by atomic mass is 16.4. The highest BCUT2D eigenvalue weighted by Crippen LogP contribution is 2.20. The highest BCUT2D eigenvalue weighted by molar-refractivity contribution is 5.92. The first-order valence-corrected chi connectivity index (χ1v) is 8.31. The van der Waals surface area contributed by atoms with Gasteiger partial charge in [-0.05, 0) is 30.5 Å². The minimum atomic E-state index is -1.18. The normalized spacial score (nSPS) is 19.0. The van der Waals surface area contributed by atoms with E-state index in [1.165, 1.54) is 17.0 Å². The number of carbonyl (C=O) groups is 3. The Morgan fingerprint density at radius 1 is 1.27 bits per heavy atom. The van der Waals surface area contributed by atoms with Crippen molar-refractivity contribution >= 4 is 17.8 Å². The number of nitrogens with one attached hydrogen (secondary N) is 1. The largest absolute Gasteiger partial charge is 0.508 e. The third-order valence-corrected chi connectivity index (χ3v) is 4.35. The van der Waals surface area contributed by atoms with Crippen molar-refractivity contribution in [3.63, 3.8) is 0 Å². The van der Waals surface area contributed by atoms with Crippen molar-refractivity contribution in [1.82, 2.24) is 10.2 Å². The van der Waals surface area contributed by atoms with Crippen molar-refractivity contribution in [2.24, 2.45) is 5.73 Å². The Balaban J connectivity index is 2.20. The monoisotopic (exact) mass is 365 g/mol. The van der Waals surface area contributed by atoms with Crippen molar-refractivity contribution in [1.29, 1.82) is 0 Å². The number of phenols is 1. The summed E-state index contributed by atoms with van der Waals surface area (Å²) in [5.41, 5.74) is 6.16. The lowest BCUT2D eigenvalue weighted by atomic mass is 10.0. The quantitative estimate of drug-likeness (QED) is 0.407. The van der Waals surface area contributed by atoms with Gasteiger partial charge in [-0.15, -0.1) is 0 Å². The number of aliphatic hydroxyl groups excluding tert-OH is 1. The molecule has 1 saturated heterocycles. The van der Waals surface area contributed by atoms with Crippen LogP contribution in [0.3, 0.4) is 0 Å². The van der Waals surface area contributed by atoms with Crippen molar-refractivity contribution in [3.8, 4) is 5.75 Å². The van der Waals surface area contributed by atoms with Gasteiger partial charge < -0.3 is 31.3 Å². The summed E-state index contributed by atoms with van der Waals surface area (Å²) in [5.74, 6) is -2.23. The number of likely N-dealkylation sites (tertiary alicyclic amines) is 1. The van der Waals surface area contributed by atoms with Gasteiger partial charge in [-0.25, -0.2) is 4.79 Å². The van der Waals surface area contributed by atoms with Crippen LogP contribution in [0.1, 0.15) is 18.4 Å². The van der Waals surface area contributed by atoms with Crippen LogP contribution < -0.4 is 11.1 Å². The topological polar surface area (TPSA) is 153 Å². The Hall–Kier alpha value is -2.65. The summed E-state index contributed by atoms with van der Waals surface area (Å²) in [6, 6.07) is 2.98. The van der Waals surface area contributed by atoms with E-state index in [1.54, 1.807) is 12.1 Å². The fourth-order valence-electron chi connectivity index (χ4n) is 2.92. The molecule has 2 rings (SSSR count). The first-order valence-electron chi connectivity index (χ1n) is 8.31. The number of carbonyl (C=O) groups excluding carboxylic acids is 2. The number of nitrogens with two attached hydrogens (primary N) is 1. The number of carboxylic acid groups (broad SMARTS) is 1. The number of amides is 2. The van der Waals surface area contributed by atoms with E-state index in [0.29, 0.717) is 24.9 Å². The SMILES string of the molecule is N[C@@H](CO)C(=O)N[C@@H](Cc1ccc(O)cc1)C(=O)N1CCC[C@@H]1C(=O)O. The number of aromatic hydroxyl groups is 1. The molecule has 1 aliphatic heterocycles. The number of rotatable bonds is 7. The van der Waals surface area contributed by atoms with E-state index in [0.717, 1.165) is 0 Å². The second-order valence-corrected chi connectivity index (χ2v) is 6.25. The lowest BCUT2D eigenvalue weighted by molar-refractivity contribution is -0.149. The molecular weight excluding hydrogens is 342 g/mol. The maximum Gasteiger partial charge on any atom is 0.326 e. The number of hydrogen-bond acceptors (Lipinski definition) is 6. The molecule has 0 unspecified atom stereocenters. The summed E-state index contributed by atoms with van der Waals surface area (Å²) >= 11 is 0. The number of hydrogen-bond donors (Lipinski definition) is 5. The lowest BCUT2D eigenvalue weighted by Crippen LogP contribution is -2.55. The zero-order valence-electron chi connectivity index (χ0n) is 14.2. The molecule has 6 N–H and O–H groups in total. The molecule has 0 radical (unpaired) electrons. The summed E-state index contributed by atoms with van der Waals surface area (Å²) in [5, 5.41) is 30.2. The van der Waals surface area contributed by atoms with E-state index in [2.05, 4.69) is 5.32 Å². The van der Waals surface area contributed by atoms with E-state index in [9.17, 15) is 24.6 Å². The molecule has 1 aliphatic rings. The zero-order valence-corrected chi connectivity index (χ0v) is 14.2. The molecule has 26 heavy (non-hydrogen) atoms. The van der Waals surface area contributed by atoms with Crippen LogP contribution >= 0.6 is 0 Å². The average molecular weight is 365 g/mol. The van der Waals surface area contributed by atoms with Gasteiger partial charge in [0.15, 0.2) is 0 Å². The third kappa shape index (κ3) is 4.70. The predicted molar refractivity (Wildman–Crippen MR) is 91.2 cm³/mol. The van der Waals surface area contributed by atoms with Gasteiger partial charge in [0.05, 0.1) is 6.61 Å². The molecule has 0 spiro atoms. The molecule has 0 bridgehead atoms. The zero-order chi connectivity index (χ0) is 19.3. The number of benzene rings is 1. The Morgan fingerprint density at radius 2 is 1.92 bits per heavy atom. The number of phenolic OH excluding ortho intramolecular Hbond substituents is 1. The maximum absolute atomic E-state index is 12.9. The molecule has 3 atom stereocenters. The van der Waals surface area contributed by atoms with E-state index < -0.39 is 42.5 Å². The molecule has 2 amide bonds. The second-order valence-electron chi connectivity index (χ2n) is 6.25. The number of nitrogens with zero attached hydrogens (tertiary/aromatic N) is 1. The van der Waals surface area contributed by atoms with Gasteiger partial charge in [-0.3, -0.25) is 9.59 Å². The fraction of sp³-hybridized carbons (Fsp3) is 0.471. The van der Waals surface area contributed by atoms with Crippen LogP contribution in [0.25, 0.3) is 0 Å². The summed E-state index contributed by atoms with van der Waals surface area (Å²) in [6.45, 7) is -0.281. The van der Waals surface area contributed by atoms with Gasteiger partial charge >= 0.3 is 5.97 Å². The molecule has 0 saturated carbocycles. The number of aliphatic hydroxyl groups is 1. The van der Waals surface area contributed by atoms with Crippen LogP contribution in [0.15, 0.2) is 24.3 Å². The van der Waals surface area contributed by atoms with Gasteiger partial charge in [0.2, 0.25) is 11.8 Å². The molecule has 142 valence electrons. The van der Waals surface area contributed by atoms with E-state index >= 15 is 0 Å². The molecule has 1 aromatic rings. The summed E-state index contributed by atoms with van der Waals surface area (Å²) in [6.07, 6.45) is 1.03. The predicted octanol–water partition coefficient (Wildman–Crippen LogP) is -1.19. The van der Waals surface area contributed by atoms with Crippen LogP contribution in [-0.2, 0) is 20.8 Å². The van der Waals surface area contributed by atoms with Gasteiger partial charge in [0, 0.05) is 13.0 Å². The highest BCUT2D eigenvalue weighted by Gasteiger charge is 2.37. The van der Waals surface area contributed by atoms with Crippen LogP contribution in [0, 0.1) is 0 Å². The van der Waals surface area contributed by atoms with Crippen LogP contribution in [0.4, 0.5) is 0 Å². The van der Waals surface area contributed by atoms with Crippen molar-refractivity contribution < 1.29 is 29.7 Å². The standard InChI is InChI=1S/C17H23N3O6/c18-12(9-21)15(23)19-13(8-10-3-5-11(22)6-4-10)16(24)20-7-1-2-14(20)17(25)26/h3-6,12-14,21-22H,1-2,7-9,18H2,(H,19,23)(H,25,26)/t12-,13-,14+/m0/s1. The van der Waals surface area contributed by atoms with Crippen LogP contribution in [-0.4, -0.2) is 69.3 Å². The molecule has 0 aromatic heterocycles. The number of carboxylic acids is 1. The Bertz CT molecular complexity index is 663. The first-order chi connectivity index (χ1) is 12.3. The minimum Gasteiger partial charge on any atom is -0.508 e. The van der Waals surface area contributed by atoms with Gasteiger partial charge in [0.1, 0.15) is 23.9 Å². The van der Waals surface area contributed by atoms with Crippen molar-refractivity contribution in [2.75, 3.05) is 13.2 Å². The lowest BCUT2D eigenvalue weighted by Gasteiger charge is -2.28. The first kappa shape index (κ1) is 19.7. The second kappa shape index (κ2) is 8.63. The van der Waals surface area contributed by atoms with Gasteiger partial charge in [-0.1, -0.05) is 12.1 Å². The molecule has 1 heterocycles. The van der Waals surface area contributed by atoms with Crippen molar-refractivity contribution in [2.45, 2.75) is 37.4 Å². The Labute approximate surface area is 150 Å². The van der Waals surface area contributed by atoms with Crippen LogP contribution in [0.2, 0.25) is 0 Å². The molecule has 9 heteroatoms. The summed E-state index contributed by atoms with van der Waals surface area (Å²) in [4.78, 5) is 37.5. The summed E-state index contributed by atoms with van der Waals surface area (Å²) in [7, 11) is 0. The van der Waals surface area contributed by atoms with E-state index in [-0.39, 0.29) is 12.2 Å². The molecular formula is C17H23N3O6. The van der Waals surface area contributed by atoms with E-state index in [4.69, 9.17) is 10.8 Å². The Morgan fingerprint density at radius 3 is 2.50 bits per heavy atom. The smallest absolute Gasteiger partial charge is 0.326 e. The molecule has 9 nitrogen and oxygen atoms in total. The van der Waals surface area contributed by atoms with Gasteiger partial charge in [-0.2, -0.15) is 0 Å². The molecule has 1 fully saturated rings. The minimum absolute atomic E-state index is 0.0634. The third-order valence-electron chi connectivity index (χ3n) is 4.35. The van der Waals surface area contributed by atoms with Gasteiger partial charge in [0.25, 0.3) is 0 Å². The van der Waals surface area contributed by atoms with Crippen LogP contribution in [0.5, 0.6) is 5.75 Å². The molecule has 0 aliphatic carbocycles. The maximum atomic E-state index is 12.9.